The molecule has 1 amide bonds. The Hall–Kier alpha value is -2.48. The van der Waals surface area contributed by atoms with Gasteiger partial charge in [-0.1, -0.05) is 12.1 Å². The number of esters is 1. The first-order valence-corrected chi connectivity index (χ1v) is 9.23. The summed E-state index contributed by atoms with van der Waals surface area (Å²) in [5, 5.41) is 2.65. The fourth-order valence-corrected chi connectivity index (χ4v) is 2.62. The average Bonchev–Trinajstić information content (AvgIpc) is 3.09. The highest BCUT2D eigenvalue weighted by molar-refractivity contribution is 7.98. The number of nitrogen functional groups attached to an aromatic ring is 1. The third kappa shape index (κ3) is 4.99. The van der Waals surface area contributed by atoms with Crippen LogP contribution >= 0.6 is 11.8 Å². The molecule has 25 heavy (non-hydrogen) atoms. The Kier molecular flexibility index (Phi) is 6.88. The molecule has 0 bridgehead atoms. The van der Waals surface area contributed by atoms with E-state index in [0.29, 0.717) is 23.4 Å². The Balaban J connectivity index is 2.11. The van der Waals surface area contributed by atoms with Crippen molar-refractivity contribution < 1.29 is 18.7 Å². The van der Waals surface area contributed by atoms with E-state index in [-0.39, 0.29) is 18.2 Å². The molecule has 0 saturated heterocycles. The number of amides is 1. The number of nitrogens with zero attached hydrogens (tertiary/aromatic N) is 1. The van der Waals surface area contributed by atoms with Crippen molar-refractivity contribution in [2.24, 2.45) is 0 Å². The molecule has 1 atom stereocenters. The van der Waals surface area contributed by atoms with Gasteiger partial charge >= 0.3 is 5.97 Å². The predicted molar refractivity (Wildman–Crippen MR) is 97.2 cm³/mol. The quantitative estimate of drug-likeness (QED) is 0.547. The molecule has 2 rings (SSSR count). The molecule has 0 radical (unpaired) electrons. The minimum atomic E-state index is -0.721. The summed E-state index contributed by atoms with van der Waals surface area (Å²) in [6, 6.07) is 6.35. The fraction of sp³-hybridized carbons (Fsp3) is 0.353. The maximum absolute atomic E-state index is 12.4. The van der Waals surface area contributed by atoms with E-state index in [1.165, 1.54) is 6.26 Å². The standard InChI is InChI=1S/C17H21N3O4S/c1-3-23-17(22)13(8-9-25-2)19-15(21)14-10-24-16(20-14)11-6-4-5-7-12(11)18/h4-7,10,13H,3,8-9,18H2,1-2H3,(H,19,21). The van der Waals surface area contributed by atoms with Crippen LogP contribution in [0.3, 0.4) is 0 Å². The van der Waals surface area contributed by atoms with Crippen molar-refractivity contribution in [1.29, 1.82) is 0 Å². The Morgan fingerprint density at radius 3 is 2.84 bits per heavy atom. The van der Waals surface area contributed by atoms with Gasteiger partial charge in [-0.05, 0) is 37.5 Å². The van der Waals surface area contributed by atoms with Crippen LogP contribution in [-0.4, -0.2) is 41.5 Å². The predicted octanol–water partition coefficient (Wildman–Crippen LogP) is 2.34. The Morgan fingerprint density at radius 2 is 2.16 bits per heavy atom. The van der Waals surface area contributed by atoms with Crippen LogP contribution < -0.4 is 11.1 Å². The molecule has 1 aromatic carbocycles. The zero-order valence-corrected chi connectivity index (χ0v) is 15.0. The molecule has 0 aliphatic heterocycles. The van der Waals surface area contributed by atoms with Crippen LogP contribution in [0.4, 0.5) is 5.69 Å². The summed E-state index contributed by atoms with van der Waals surface area (Å²) in [5.41, 5.74) is 7.07. The molecule has 0 fully saturated rings. The van der Waals surface area contributed by atoms with E-state index >= 15 is 0 Å². The lowest BCUT2D eigenvalue weighted by Crippen LogP contribution is -2.42. The van der Waals surface area contributed by atoms with Crippen molar-refractivity contribution in [2.75, 3.05) is 24.3 Å². The van der Waals surface area contributed by atoms with Crippen LogP contribution in [0, 0.1) is 0 Å². The first-order valence-electron chi connectivity index (χ1n) is 7.83. The van der Waals surface area contributed by atoms with Crippen molar-refractivity contribution in [3.05, 3.63) is 36.2 Å². The highest BCUT2D eigenvalue weighted by atomic mass is 32.2. The number of carbonyl (C=O) groups is 2. The van der Waals surface area contributed by atoms with E-state index in [1.54, 1.807) is 43.0 Å². The summed E-state index contributed by atoms with van der Waals surface area (Å²) in [5.74, 6) is 0.0126. The van der Waals surface area contributed by atoms with Crippen molar-refractivity contribution in [1.82, 2.24) is 10.3 Å². The second-order valence-electron chi connectivity index (χ2n) is 5.18. The molecule has 1 heterocycles. The number of ether oxygens (including phenoxy) is 1. The van der Waals surface area contributed by atoms with Gasteiger partial charge < -0.3 is 20.2 Å². The van der Waals surface area contributed by atoms with Crippen LogP contribution in [-0.2, 0) is 9.53 Å². The number of anilines is 1. The molecule has 7 nitrogen and oxygen atoms in total. The summed E-state index contributed by atoms with van der Waals surface area (Å²) >= 11 is 1.58. The van der Waals surface area contributed by atoms with Gasteiger partial charge in [-0.25, -0.2) is 9.78 Å². The molecular formula is C17H21N3O4S. The largest absolute Gasteiger partial charge is 0.464 e. The zero-order valence-electron chi connectivity index (χ0n) is 14.2. The molecule has 3 N–H and O–H groups in total. The minimum Gasteiger partial charge on any atom is -0.464 e. The molecule has 1 unspecified atom stereocenters. The first kappa shape index (κ1) is 18.9. The van der Waals surface area contributed by atoms with E-state index in [9.17, 15) is 9.59 Å². The molecule has 134 valence electrons. The minimum absolute atomic E-state index is 0.0803. The smallest absolute Gasteiger partial charge is 0.328 e. The molecule has 8 heteroatoms. The number of hydrogen-bond acceptors (Lipinski definition) is 7. The number of carbonyl (C=O) groups excluding carboxylic acids is 2. The molecule has 0 spiro atoms. The van der Waals surface area contributed by atoms with Crippen molar-refractivity contribution in [3.8, 4) is 11.5 Å². The van der Waals surface area contributed by atoms with Gasteiger partial charge in [0, 0.05) is 5.69 Å². The molecule has 0 aliphatic carbocycles. The number of nitrogens with two attached hydrogens (primary N) is 1. The van der Waals surface area contributed by atoms with E-state index in [2.05, 4.69) is 10.3 Å². The average molecular weight is 363 g/mol. The zero-order chi connectivity index (χ0) is 18.2. The summed E-state index contributed by atoms with van der Waals surface area (Å²) in [6.07, 6.45) is 3.65. The summed E-state index contributed by atoms with van der Waals surface area (Å²) in [4.78, 5) is 28.5. The highest BCUT2D eigenvalue weighted by Gasteiger charge is 2.24. The number of nitrogens with one attached hydrogen (secondary N) is 1. The number of benzene rings is 1. The maximum Gasteiger partial charge on any atom is 0.328 e. The second kappa shape index (κ2) is 9.12. The summed E-state index contributed by atoms with van der Waals surface area (Å²) in [7, 11) is 0. The lowest BCUT2D eigenvalue weighted by Gasteiger charge is -2.15. The third-order valence-electron chi connectivity index (χ3n) is 3.42. The van der Waals surface area contributed by atoms with Crippen LogP contribution in [0.2, 0.25) is 0 Å². The lowest BCUT2D eigenvalue weighted by atomic mass is 10.2. The van der Waals surface area contributed by atoms with Gasteiger partial charge in [0.05, 0.1) is 12.2 Å². The maximum atomic E-state index is 12.4. The van der Waals surface area contributed by atoms with Gasteiger partial charge in [0.25, 0.3) is 5.91 Å². The molecule has 2 aromatic rings. The molecule has 0 saturated carbocycles. The first-order chi connectivity index (χ1) is 12.1. The van der Waals surface area contributed by atoms with E-state index in [0.717, 1.165) is 0 Å². The van der Waals surface area contributed by atoms with Crippen LogP contribution in [0.1, 0.15) is 23.8 Å². The highest BCUT2D eigenvalue weighted by Crippen LogP contribution is 2.24. The van der Waals surface area contributed by atoms with E-state index in [1.807, 2.05) is 6.26 Å². The molecule has 1 aromatic heterocycles. The normalized spacial score (nSPS) is 11.8. The Labute approximate surface area is 150 Å². The van der Waals surface area contributed by atoms with E-state index in [4.69, 9.17) is 14.9 Å². The van der Waals surface area contributed by atoms with Crippen LogP contribution in [0.5, 0.6) is 0 Å². The van der Waals surface area contributed by atoms with Gasteiger partial charge in [0.2, 0.25) is 5.89 Å². The lowest BCUT2D eigenvalue weighted by molar-refractivity contribution is -0.145. The SMILES string of the molecule is CCOC(=O)C(CCSC)NC(=O)c1coc(-c2ccccc2N)n1. The monoisotopic (exact) mass is 363 g/mol. The number of rotatable bonds is 8. The fourth-order valence-electron chi connectivity index (χ4n) is 2.15. The summed E-state index contributed by atoms with van der Waals surface area (Å²) in [6.45, 7) is 1.98. The van der Waals surface area contributed by atoms with Crippen LogP contribution in [0.25, 0.3) is 11.5 Å². The van der Waals surface area contributed by atoms with Gasteiger partial charge in [-0.2, -0.15) is 11.8 Å². The molecular weight excluding hydrogens is 342 g/mol. The number of oxazole rings is 1. The van der Waals surface area contributed by atoms with Crippen molar-refractivity contribution in [2.45, 2.75) is 19.4 Å². The molecule has 0 aliphatic rings. The number of thioether (sulfide) groups is 1. The second-order valence-corrected chi connectivity index (χ2v) is 6.17. The van der Waals surface area contributed by atoms with Crippen molar-refractivity contribution in [3.63, 3.8) is 0 Å². The van der Waals surface area contributed by atoms with Gasteiger partial charge in [0.15, 0.2) is 5.69 Å². The Morgan fingerprint density at radius 1 is 1.40 bits per heavy atom. The van der Waals surface area contributed by atoms with Crippen molar-refractivity contribution >= 4 is 29.3 Å². The number of aromatic nitrogens is 1. The third-order valence-corrected chi connectivity index (χ3v) is 4.06. The Bertz CT molecular complexity index is 732. The van der Waals surface area contributed by atoms with E-state index < -0.39 is 17.9 Å². The summed E-state index contributed by atoms with van der Waals surface area (Å²) < 4.78 is 10.4. The van der Waals surface area contributed by atoms with Crippen LogP contribution in [0.15, 0.2) is 34.9 Å². The van der Waals surface area contributed by atoms with Gasteiger partial charge in [-0.15, -0.1) is 0 Å². The van der Waals surface area contributed by atoms with Gasteiger partial charge in [-0.3, -0.25) is 4.79 Å². The number of hydrogen-bond donors (Lipinski definition) is 2. The van der Waals surface area contributed by atoms with Gasteiger partial charge in [0.1, 0.15) is 12.3 Å². The number of para-hydroxylation sites is 1. The topological polar surface area (TPSA) is 107 Å².